The molecule has 56 heavy (non-hydrogen) atoms. The number of halogens is 1. The minimum atomic E-state index is -0.892. The molecule has 0 radical (unpaired) electrons. The van der Waals surface area contributed by atoms with Crippen molar-refractivity contribution in [2.24, 2.45) is 56.2 Å². The first-order chi connectivity index (χ1) is 26.3. The number of fused-ring (bicyclic) bond motifs is 7. The zero-order chi connectivity index (χ0) is 40.1. The second-order valence-corrected chi connectivity index (χ2v) is 21.4. The summed E-state index contributed by atoms with van der Waals surface area (Å²) in [6.45, 7) is 16.9. The number of carboxylic acids is 1. The summed E-state index contributed by atoms with van der Waals surface area (Å²) in [6, 6.07) is 6.50. The summed E-state index contributed by atoms with van der Waals surface area (Å²) in [5.41, 5.74) is 0.854. The third kappa shape index (κ3) is 6.08. The lowest BCUT2D eigenvalue weighted by atomic mass is 9.32. The fraction of sp³-hybridized carbons (Fsp3) is 0.745. The largest absolute Gasteiger partial charge is 0.481 e. The van der Waals surface area contributed by atoms with Crippen molar-refractivity contribution in [1.29, 1.82) is 0 Å². The molecule has 306 valence electrons. The number of aliphatic carboxylic acids is 1. The smallest absolute Gasteiger partial charge is 0.306 e. The monoisotopic (exact) mass is 771 g/mol. The van der Waals surface area contributed by atoms with Crippen LogP contribution in [0.2, 0.25) is 0 Å². The molecule has 3 unspecified atom stereocenters. The van der Waals surface area contributed by atoms with Gasteiger partial charge in [-0.25, -0.2) is 9.37 Å². The van der Waals surface area contributed by atoms with Gasteiger partial charge in [0.05, 0.1) is 36.2 Å². The van der Waals surface area contributed by atoms with Crippen LogP contribution in [-0.2, 0) is 19.1 Å². The van der Waals surface area contributed by atoms with Gasteiger partial charge in [0.15, 0.2) is 0 Å². The number of carbonyl (C=O) groups excluding carboxylic acids is 2. The number of carbonyl (C=O) groups is 3. The molecule has 5 aliphatic carbocycles. The summed E-state index contributed by atoms with van der Waals surface area (Å²) in [5.74, 6) is 1.65. The number of ether oxygens (including phenoxy) is 1. The van der Waals surface area contributed by atoms with Crippen LogP contribution < -0.4 is 0 Å². The summed E-state index contributed by atoms with van der Waals surface area (Å²) in [6.07, 6.45) is 15.3. The average molecular weight is 772 g/mol. The first-order valence-electron chi connectivity index (χ1n) is 21.9. The van der Waals surface area contributed by atoms with Gasteiger partial charge in [-0.05, 0) is 135 Å². The molecule has 9 heteroatoms. The number of aromatic amines is 1. The van der Waals surface area contributed by atoms with Gasteiger partial charge < -0.3 is 19.7 Å². The zero-order valence-corrected chi connectivity index (χ0v) is 35.0. The molecule has 2 heterocycles. The number of likely N-dealkylation sites (tertiary alicyclic amines) is 1. The highest BCUT2D eigenvalue weighted by Crippen LogP contribution is 2.77. The predicted octanol–water partition coefficient (Wildman–Crippen LogP) is 10.5. The van der Waals surface area contributed by atoms with Gasteiger partial charge in [0, 0.05) is 17.5 Å². The molecule has 6 fully saturated rings. The Balaban J connectivity index is 0.999. The molecule has 5 saturated carbocycles. The Morgan fingerprint density at radius 3 is 2.43 bits per heavy atom. The Hall–Kier alpha value is -3.23. The number of carboxylic acid groups (broad SMARTS) is 1. The second-order valence-electron chi connectivity index (χ2n) is 21.4. The number of imidazole rings is 1. The van der Waals surface area contributed by atoms with Crippen LogP contribution in [-0.4, -0.2) is 50.5 Å². The number of nitrogens with zero attached hydrogens (tertiary/aromatic N) is 2. The van der Waals surface area contributed by atoms with Crippen LogP contribution in [0.1, 0.15) is 157 Å². The number of rotatable bonds is 8. The Bertz CT molecular complexity index is 1870. The van der Waals surface area contributed by atoms with E-state index >= 15 is 4.79 Å². The van der Waals surface area contributed by atoms with E-state index in [0.717, 1.165) is 94.3 Å². The molecule has 6 aliphatic rings. The van der Waals surface area contributed by atoms with Crippen molar-refractivity contribution in [3.63, 3.8) is 0 Å². The van der Waals surface area contributed by atoms with Crippen LogP contribution in [0.3, 0.4) is 0 Å². The number of benzene rings is 1. The molecule has 1 amide bonds. The van der Waals surface area contributed by atoms with Crippen LogP contribution in [0.5, 0.6) is 0 Å². The van der Waals surface area contributed by atoms with Crippen molar-refractivity contribution >= 4 is 17.8 Å². The van der Waals surface area contributed by atoms with E-state index in [0.29, 0.717) is 29.6 Å². The van der Waals surface area contributed by atoms with E-state index < -0.39 is 11.4 Å². The maximum Gasteiger partial charge on any atom is 0.306 e. The molecule has 0 bridgehead atoms. The number of hydrogen-bond acceptors (Lipinski definition) is 5. The van der Waals surface area contributed by atoms with E-state index in [4.69, 9.17) is 9.72 Å². The average Bonchev–Trinajstić information content (AvgIpc) is 3.89. The molecule has 1 aliphatic heterocycles. The minimum absolute atomic E-state index is 0.0587. The van der Waals surface area contributed by atoms with Crippen molar-refractivity contribution in [3.8, 4) is 11.3 Å². The van der Waals surface area contributed by atoms with Crippen LogP contribution in [0.15, 0.2) is 30.5 Å². The van der Waals surface area contributed by atoms with Crippen molar-refractivity contribution in [2.45, 2.75) is 157 Å². The highest BCUT2D eigenvalue weighted by molar-refractivity contribution is 5.84. The molecule has 1 aromatic carbocycles. The standard InChI is InChI=1S/C47H66FN3O5/c1-42(2,26-38(52)53)27-39(54)56-37-18-20-44(5)35(43(37,3)4)17-21-46(7)36(44)16-15-31-32-13-9-19-47(32,23-22-45(31,46)6)41(55)51-24-10-14-34(51)40-49-28-33(50-40)29-11-8-12-30(48)25-29/h8,11-12,25,28,31-32,34-37H,9-10,13-24,26-27H2,1-7H3,(H,49,50)(H,52,53)/t31?,32?,34-,35-,36?,37-,44-,45+,46+,47-/m0/s1. The molecule has 1 saturated heterocycles. The Morgan fingerprint density at radius 2 is 1.68 bits per heavy atom. The van der Waals surface area contributed by atoms with Gasteiger partial charge in [-0.1, -0.05) is 67.0 Å². The maximum absolute atomic E-state index is 15.2. The third-order valence-corrected chi connectivity index (χ3v) is 17.8. The molecular formula is C47H66FN3O5. The summed E-state index contributed by atoms with van der Waals surface area (Å²) in [7, 11) is 0. The Kier molecular flexibility index (Phi) is 9.67. The molecule has 1 aromatic heterocycles. The number of esters is 1. The van der Waals surface area contributed by atoms with Crippen LogP contribution in [0.25, 0.3) is 11.3 Å². The highest BCUT2D eigenvalue weighted by atomic mass is 19.1. The van der Waals surface area contributed by atoms with Crippen LogP contribution in [0, 0.1) is 62.0 Å². The van der Waals surface area contributed by atoms with E-state index in [1.165, 1.54) is 25.0 Å². The fourth-order valence-electron chi connectivity index (χ4n) is 15.1. The Labute approximate surface area is 333 Å². The first-order valence-corrected chi connectivity index (χ1v) is 21.9. The number of aromatic nitrogens is 2. The van der Waals surface area contributed by atoms with Crippen molar-refractivity contribution in [3.05, 3.63) is 42.1 Å². The van der Waals surface area contributed by atoms with Gasteiger partial charge in [-0.2, -0.15) is 0 Å². The van der Waals surface area contributed by atoms with E-state index in [1.807, 2.05) is 19.9 Å². The number of hydrogen-bond donors (Lipinski definition) is 2. The maximum atomic E-state index is 15.2. The second kappa shape index (κ2) is 13.7. The van der Waals surface area contributed by atoms with E-state index in [1.54, 1.807) is 12.3 Å². The lowest BCUT2D eigenvalue weighted by Gasteiger charge is -2.72. The highest BCUT2D eigenvalue weighted by Gasteiger charge is 2.71. The number of amides is 1. The Morgan fingerprint density at radius 1 is 0.893 bits per heavy atom. The third-order valence-electron chi connectivity index (χ3n) is 17.8. The normalized spacial score (nSPS) is 38.9. The molecule has 0 spiro atoms. The summed E-state index contributed by atoms with van der Waals surface area (Å²) in [4.78, 5) is 50.3. The van der Waals surface area contributed by atoms with Crippen molar-refractivity contribution in [1.82, 2.24) is 14.9 Å². The van der Waals surface area contributed by atoms with Gasteiger partial charge in [0.25, 0.3) is 0 Å². The molecule has 2 aromatic rings. The van der Waals surface area contributed by atoms with Gasteiger partial charge >= 0.3 is 11.9 Å². The van der Waals surface area contributed by atoms with Gasteiger partial charge in [-0.3, -0.25) is 14.4 Å². The lowest BCUT2D eigenvalue weighted by Crippen LogP contribution is -2.67. The van der Waals surface area contributed by atoms with Crippen molar-refractivity contribution in [2.75, 3.05) is 6.54 Å². The molecular weight excluding hydrogens is 706 g/mol. The molecule has 8 nitrogen and oxygen atoms in total. The lowest BCUT2D eigenvalue weighted by molar-refractivity contribution is -0.248. The fourth-order valence-corrected chi connectivity index (χ4v) is 15.1. The number of nitrogens with one attached hydrogen (secondary N) is 1. The molecule has 8 rings (SSSR count). The van der Waals surface area contributed by atoms with Crippen molar-refractivity contribution < 1.29 is 28.6 Å². The SMILES string of the molecule is CC(C)(CC(=O)O)CC(=O)O[C@H]1CC[C@]2(C)C3CCC4C5CCC[C@]5(C(=O)N5CCC[C@H]5c5ncc(-c6cccc(F)c6)[nH]5)CC[C@@]4(C)[C@]3(C)CC[C@H]2C1(C)C. The van der Waals surface area contributed by atoms with Gasteiger partial charge in [0.2, 0.25) is 5.91 Å². The minimum Gasteiger partial charge on any atom is -0.481 e. The molecule has 2 N–H and O–H groups in total. The van der Waals surface area contributed by atoms with Crippen LogP contribution in [0.4, 0.5) is 4.39 Å². The quantitative estimate of drug-likeness (QED) is 0.258. The van der Waals surface area contributed by atoms with E-state index in [-0.39, 0.29) is 63.8 Å². The van der Waals surface area contributed by atoms with Gasteiger partial charge in [-0.15, -0.1) is 0 Å². The summed E-state index contributed by atoms with van der Waals surface area (Å²) < 4.78 is 20.3. The topological polar surface area (TPSA) is 113 Å². The summed E-state index contributed by atoms with van der Waals surface area (Å²) >= 11 is 0. The zero-order valence-electron chi connectivity index (χ0n) is 35.0. The van der Waals surface area contributed by atoms with Gasteiger partial charge in [0.1, 0.15) is 17.7 Å². The summed E-state index contributed by atoms with van der Waals surface area (Å²) in [5, 5.41) is 9.36. The predicted molar refractivity (Wildman–Crippen MR) is 213 cm³/mol. The van der Waals surface area contributed by atoms with Crippen LogP contribution >= 0.6 is 0 Å². The number of H-pyrrole nitrogens is 1. The molecule has 10 atom stereocenters. The van der Waals surface area contributed by atoms with E-state index in [2.05, 4.69) is 44.5 Å². The first kappa shape index (κ1) is 39.6. The van der Waals surface area contributed by atoms with E-state index in [9.17, 15) is 19.1 Å².